The van der Waals surface area contributed by atoms with Crippen molar-refractivity contribution in [2.45, 2.75) is 27.1 Å². The van der Waals surface area contributed by atoms with Crippen LogP contribution in [-0.4, -0.2) is 17.8 Å². The van der Waals surface area contributed by atoms with Crippen LogP contribution in [-0.2, 0) is 22.8 Å². The number of hydrogen-bond donors (Lipinski definition) is 1. The summed E-state index contributed by atoms with van der Waals surface area (Å²) in [6.07, 6.45) is 1.50. The summed E-state index contributed by atoms with van der Waals surface area (Å²) >= 11 is 5.95. The SMILES string of the molecule is Cc1cc(C)cc(COc2ccc3ccccc3c2/C=C2\C(=O)NC(=O)N(c3ccc(OCc4ccc(Cl)cc4)cc3)C2=O)c1. The number of urea groups is 1. The fraction of sp³-hybridized carbons (Fsp3) is 0.108. The number of imide groups is 2. The lowest BCUT2D eigenvalue weighted by Crippen LogP contribution is -2.54. The van der Waals surface area contributed by atoms with E-state index < -0.39 is 17.8 Å². The molecule has 5 aromatic carbocycles. The number of anilines is 1. The van der Waals surface area contributed by atoms with Gasteiger partial charge < -0.3 is 9.47 Å². The molecule has 0 saturated carbocycles. The van der Waals surface area contributed by atoms with Crippen LogP contribution in [0.1, 0.15) is 27.8 Å². The Labute approximate surface area is 265 Å². The summed E-state index contributed by atoms with van der Waals surface area (Å²) in [6, 6.07) is 30.6. The van der Waals surface area contributed by atoms with Gasteiger partial charge in [-0.3, -0.25) is 14.9 Å². The maximum atomic E-state index is 13.8. The Morgan fingerprint density at radius 1 is 0.756 bits per heavy atom. The number of halogens is 1. The molecule has 7 nitrogen and oxygen atoms in total. The lowest BCUT2D eigenvalue weighted by atomic mass is 9.99. The normalized spacial score (nSPS) is 14.2. The van der Waals surface area contributed by atoms with Gasteiger partial charge in [0, 0.05) is 10.6 Å². The Morgan fingerprint density at radius 3 is 2.18 bits per heavy atom. The van der Waals surface area contributed by atoms with Gasteiger partial charge in [-0.1, -0.05) is 83.4 Å². The minimum atomic E-state index is -0.832. The van der Waals surface area contributed by atoms with Gasteiger partial charge in [-0.05, 0) is 84.3 Å². The van der Waals surface area contributed by atoms with E-state index in [2.05, 4.69) is 23.5 Å². The topological polar surface area (TPSA) is 84.9 Å². The maximum Gasteiger partial charge on any atom is 0.335 e. The number of nitrogens with zero attached hydrogens (tertiary/aromatic N) is 1. The first kappa shape index (κ1) is 29.7. The number of barbiturate groups is 1. The van der Waals surface area contributed by atoms with Gasteiger partial charge in [0.05, 0.1) is 5.69 Å². The van der Waals surface area contributed by atoms with Gasteiger partial charge in [0.15, 0.2) is 0 Å². The number of amides is 4. The van der Waals surface area contributed by atoms with Crippen molar-refractivity contribution in [3.8, 4) is 11.5 Å². The van der Waals surface area contributed by atoms with Crippen LogP contribution in [0, 0.1) is 13.8 Å². The van der Waals surface area contributed by atoms with Crippen molar-refractivity contribution in [3.63, 3.8) is 0 Å². The number of nitrogens with one attached hydrogen (secondary N) is 1. The van der Waals surface area contributed by atoms with Gasteiger partial charge in [0.2, 0.25) is 0 Å². The zero-order chi connectivity index (χ0) is 31.5. The number of carbonyl (C=O) groups excluding carboxylic acids is 3. The third kappa shape index (κ3) is 6.59. The zero-order valence-electron chi connectivity index (χ0n) is 24.7. The predicted octanol–water partition coefficient (Wildman–Crippen LogP) is 7.93. The molecule has 0 aromatic heterocycles. The molecule has 1 aliphatic heterocycles. The van der Waals surface area contributed by atoms with Crippen LogP contribution >= 0.6 is 11.6 Å². The fourth-order valence-electron chi connectivity index (χ4n) is 5.34. The molecule has 1 heterocycles. The molecule has 4 amide bonds. The van der Waals surface area contributed by atoms with Gasteiger partial charge in [-0.15, -0.1) is 0 Å². The fourth-order valence-corrected chi connectivity index (χ4v) is 5.46. The molecular weight excluding hydrogens is 588 g/mol. The summed E-state index contributed by atoms with van der Waals surface area (Å²) in [5.41, 5.74) is 4.87. The predicted molar refractivity (Wildman–Crippen MR) is 175 cm³/mol. The molecule has 0 radical (unpaired) electrons. The van der Waals surface area contributed by atoms with Crippen LogP contribution in [0.4, 0.5) is 10.5 Å². The number of fused-ring (bicyclic) bond motifs is 1. The molecule has 5 aromatic rings. The minimum Gasteiger partial charge on any atom is -0.489 e. The highest BCUT2D eigenvalue weighted by molar-refractivity contribution is 6.39. The van der Waals surface area contributed by atoms with Crippen molar-refractivity contribution in [1.29, 1.82) is 0 Å². The summed E-state index contributed by atoms with van der Waals surface area (Å²) < 4.78 is 12.1. The average molecular weight is 617 g/mol. The number of benzene rings is 5. The Hall–Kier alpha value is -5.40. The average Bonchev–Trinajstić information content (AvgIpc) is 3.02. The van der Waals surface area contributed by atoms with Crippen molar-refractivity contribution in [2.24, 2.45) is 0 Å². The lowest BCUT2D eigenvalue weighted by molar-refractivity contribution is -0.122. The molecule has 6 rings (SSSR count). The second-order valence-corrected chi connectivity index (χ2v) is 11.3. The molecule has 1 aliphatic rings. The van der Waals surface area contributed by atoms with Crippen molar-refractivity contribution in [1.82, 2.24) is 5.32 Å². The van der Waals surface area contributed by atoms with E-state index in [0.717, 1.165) is 37.9 Å². The number of rotatable bonds is 8. The van der Waals surface area contributed by atoms with Crippen LogP contribution in [0.3, 0.4) is 0 Å². The van der Waals surface area contributed by atoms with Gasteiger partial charge in [0.25, 0.3) is 11.8 Å². The van der Waals surface area contributed by atoms with Gasteiger partial charge >= 0.3 is 6.03 Å². The molecule has 0 bridgehead atoms. The molecule has 0 unspecified atom stereocenters. The van der Waals surface area contributed by atoms with Crippen molar-refractivity contribution < 1.29 is 23.9 Å². The zero-order valence-corrected chi connectivity index (χ0v) is 25.4. The van der Waals surface area contributed by atoms with Crippen molar-refractivity contribution >= 4 is 52.0 Å². The molecule has 1 fully saturated rings. The number of hydrogen-bond acceptors (Lipinski definition) is 5. The molecule has 224 valence electrons. The summed E-state index contributed by atoms with van der Waals surface area (Å²) in [5, 5.41) is 4.66. The van der Waals surface area contributed by atoms with Crippen molar-refractivity contribution in [2.75, 3.05) is 4.90 Å². The smallest absolute Gasteiger partial charge is 0.335 e. The molecule has 1 saturated heterocycles. The van der Waals surface area contributed by atoms with Crippen LogP contribution in [0.2, 0.25) is 5.02 Å². The summed E-state index contributed by atoms with van der Waals surface area (Å²) in [5.74, 6) is -0.470. The van der Waals surface area contributed by atoms with E-state index in [9.17, 15) is 14.4 Å². The summed E-state index contributed by atoms with van der Waals surface area (Å²) in [4.78, 5) is 40.7. The Kier molecular flexibility index (Phi) is 8.36. The number of ether oxygens (including phenoxy) is 2. The molecule has 1 N–H and O–H groups in total. The second kappa shape index (κ2) is 12.7. The monoisotopic (exact) mass is 616 g/mol. The van der Waals surface area contributed by atoms with E-state index in [1.807, 2.05) is 62.4 Å². The largest absolute Gasteiger partial charge is 0.489 e. The highest BCUT2D eigenvalue weighted by Crippen LogP contribution is 2.33. The first-order chi connectivity index (χ1) is 21.7. The molecule has 0 aliphatic carbocycles. The Morgan fingerprint density at radius 2 is 1.44 bits per heavy atom. The van der Waals surface area contributed by atoms with Crippen LogP contribution < -0.4 is 19.7 Å². The molecule has 0 spiro atoms. The Balaban J connectivity index is 1.29. The molecular formula is C37H29ClN2O5. The van der Waals surface area contributed by atoms with E-state index in [0.29, 0.717) is 41.0 Å². The molecule has 45 heavy (non-hydrogen) atoms. The minimum absolute atomic E-state index is 0.190. The van der Waals surface area contributed by atoms with Gasteiger partial charge in [-0.2, -0.15) is 0 Å². The van der Waals surface area contributed by atoms with E-state index in [1.54, 1.807) is 36.4 Å². The Bertz CT molecular complexity index is 1950. The first-order valence-electron chi connectivity index (χ1n) is 14.4. The van der Waals surface area contributed by atoms with E-state index in [1.165, 1.54) is 6.08 Å². The summed E-state index contributed by atoms with van der Waals surface area (Å²) in [6.45, 7) is 4.68. The van der Waals surface area contributed by atoms with Crippen molar-refractivity contribution in [3.05, 3.63) is 142 Å². The van der Waals surface area contributed by atoms with Crippen LogP contribution in [0.25, 0.3) is 16.8 Å². The second-order valence-electron chi connectivity index (χ2n) is 10.9. The maximum absolute atomic E-state index is 13.8. The van der Waals surface area contributed by atoms with Gasteiger partial charge in [-0.25, -0.2) is 9.69 Å². The summed E-state index contributed by atoms with van der Waals surface area (Å²) in [7, 11) is 0. The standard InChI is InChI=1S/C37H29ClN2O5/c1-23-17-24(2)19-26(18-23)22-45-34-16-9-27-5-3-4-6-31(27)32(34)20-33-35(41)39-37(43)40(36(33)42)29-12-14-30(15-13-29)44-21-25-7-10-28(38)11-8-25/h3-20H,21-22H2,1-2H3,(H,39,41,43)/b33-20+. The third-order valence-corrected chi connectivity index (χ3v) is 7.66. The van der Waals surface area contributed by atoms with E-state index in [-0.39, 0.29) is 5.57 Å². The van der Waals surface area contributed by atoms with E-state index in [4.69, 9.17) is 21.1 Å². The van der Waals surface area contributed by atoms with E-state index >= 15 is 0 Å². The highest BCUT2D eigenvalue weighted by atomic mass is 35.5. The first-order valence-corrected chi connectivity index (χ1v) is 14.7. The number of carbonyl (C=O) groups is 3. The lowest BCUT2D eigenvalue weighted by Gasteiger charge is -2.26. The quantitative estimate of drug-likeness (QED) is 0.141. The highest BCUT2D eigenvalue weighted by Gasteiger charge is 2.37. The van der Waals surface area contributed by atoms with Gasteiger partial charge in [0.1, 0.15) is 30.3 Å². The molecule has 8 heteroatoms. The van der Waals surface area contributed by atoms with Crippen LogP contribution in [0.15, 0.2) is 109 Å². The molecule has 0 atom stereocenters. The van der Waals surface area contributed by atoms with Crippen LogP contribution in [0.5, 0.6) is 11.5 Å². The number of aryl methyl sites for hydroxylation is 2. The third-order valence-electron chi connectivity index (χ3n) is 7.41.